The second-order valence-corrected chi connectivity index (χ2v) is 4.27. The van der Waals surface area contributed by atoms with Crippen LogP contribution in [0, 0.1) is 0 Å². The average molecular weight is 260 g/mol. The van der Waals surface area contributed by atoms with Gasteiger partial charge >= 0.3 is 0 Å². The van der Waals surface area contributed by atoms with Gasteiger partial charge in [-0.05, 0) is 19.1 Å². The number of pyridine rings is 1. The lowest BCUT2D eigenvalue weighted by Crippen LogP contribution is -2.19. The zero-order valence-electron chi connectivity index (χ0n) is 10.9. The highest BCUT2D eigenvalue weighted by molar-refractivity contribution is 6.03. The van der Waals surface area contributed by atoms with Crippen LogP contribution >= 0.6 is 0 Å². The molecule has 100 valence electrons. The lowest BCUT2D eigenvalue weighted by Gasteiger charge is -2.08. The van der Waals surface area contributed by atoms with Crippen molar-refractivity contribution in [1.29, 1.82) is 0 Å². The molecule has 0 radical (unpaired) electrons. The van der Waals surface area contributed by atoms with Gasteiger partial charge in [-0.15, -0.1) is 0 Å². The molecule has 1 amide bonds. The number of amides is 1. The summed E-state index contributed by atoms with van der Waals surface area (Å²) in [5, 5.41) is 2.74. The summed E-state index contributed by atoms with van der Waals surface area (Å²) < 4.78 is 3.18. The average Bonchev–Trinajstić information content (AvgIpc) is 2.75. The number of nitrogens with one attached hydrogen (secondary N) is 1. The third-order valence-electron chi connectivity index (χ3n) is 2.83. The van der Waals surface area contributed by atoms with Crippen molar-refractivity contribution in [3.05, 3.63) is 46.6 Å². The second-order valence-electron chi connectivity index (χ2n) is 4.27. The first-order valence-corrected chi connectivity index (χ1v) is 5.95. The Balaban J connectivity index is 2.25. The molecule has 0 aliphatic rings. The van der Waals surface area contributed by atoms with E-state index in [1.54, 1.807) is 36.1 Å². The van der Waals surface area contributed by atoms with Gasteiger partial charge < -0.3 is 20.2 Å². The summed E-state index contributed by atoms with van der Waals surface area (Å²) in [7, 11) is 1.63. The van der Waals surface area contributed by atoms with Crippen molar-refractivity contribution in [3.8, 4) is 0 Å². The molecular weight excluding hydrogens is 244 g/mol. The number of aryl methyl sites for hydroxylation is 2. The van der Waals surface area contributed by atoms with E-state index in [4.69, 9.17) is 5.73 Å². The van der Waals surface area contributed by atoms with Crippen molar-refractivity contribution in [2.45, 2.75) is 13.5 Å². The Labute approximate surface area is 110 Å². The molecule has 0 aliphatic heterocycles. The Morgan fingerprint density at radius 1 is 1.37 bits per heavy atom. The molecule has 0 saturated heterocycles. The van der Waals surface area contributed by atoms with E-state index in [1.165, 1.54) is 10.6 Å². The number of anilines is 2. The molecule has 2 rings (SSSR count). The van der Waals surface area contributed by atoms with Gasteiger partial charge in [-0.1, -0.05) is 0 Å². The SMILES string of the molecule is CCn1cc(N)cc1C(=O)Nc1ccc(=O)n(C)c1. The highest BCUT2D eigenvalue weighted by Crippen LogP contribution is 2.13. The number of rotatable bonds is 3. The molecule has 3 N–H and O–H groups in total. The molecule has 0 spiro atoms. The quantitative estimate of drug-likeness (QED) is 0.865. The van der Waals surface area contributed by atoms with Crippen LogP contribution in [-0.2, 0) is 13.6 Å². The lowest BCUT2D eigenvalue weighted by molar-refractivity contribution is 0.101. The molecule has 2 heterocycles. The lowest BCUT2D eigenvalue weighted by atomic mass is 10.3. The summed E-state index contributed by atoms with van der Waals surface area (Å²) in [5.41, 5.74) is 7.17. The molecular formula is C13H16N4O2. The van der Waals surface area contributed by atoms with E-state index in [9.17, 15) is 9.59 Å². The predicted octanol–water partition coefficient (Wildman–Crippen LogP) is 1.04. The van der Waals surface area contributed by atoms with Crippen molar-refractivity contribution < 1.29 is 4.79 Å². The fourth-order valence-electron chi connectivity index (χ4n) is 1.85. The Morgan fingerprint density at radius 2 is 2.11 bits per heavy atom. The standard InChI is InChI=1S/C13H16N4O2/c1-3-17-7-9(14)6-11(17)13(19)15-10-4-5-12(18)16(2)8-10/h4-8H,3,14H2,1-2H3,(H,15,19). The molecule has 2 aromatic heterocycles. The van der Waals surface area contributed by atoms with Crippen LogP contribution in [-0.4, -0.2) is 15.0 Å². The van der Waals surface area contributed by atoms with Gasteiger partial charge in [-0.25, -0.2) is 0 Å². The van der Waals surface area contributed by atoms with E-state index in [2.05, 4.69) is 5.32 Å². The van der Waals surface area contributed by atoms with Crippen LogP contribution in [0.15, 0.2) is 35.4 Å². The second kappa shape index (κ2) is 5.01. The molecule has 0 atom stereocenters. The van der Waals surface area contributed by atoms with Crippen molar-refractivity contribution in [1.82, 2.24) is 9.13 Å². The molecule has 0 bridgehead atoms. The summed E-state index contributed by atoms with van der Waals surface area (Å²) >= 11 is 0. The Kier molecular flexibility index (Phi) is 3.41. The van der Waals surface area contributed by atoms with E-state index < -0.39 is 0 Å². The van der Waals surface area contributed by atoms with Gasteiger partial charge in [0.15, 0.2) is 0 Å². The Bertz CT molecular complexity index is 670. The van der Waals surface area contributed by atoms with Crippen LogP contribution in [0.4, 0.5) is 11.4 Å². The molecule has 19 heavy (non-hydrogen) atoms. The van der Waals surface area contributed by atoms with Crippen LogP contribution in [0.2, 0.25) is 0 Å². The summed E-state index contributed by atoms with van der Waals surface area (Å²) in [6, 6.07) is 4.60. The third kappa shape index (κ3) is 2.67. The maximum Gasteiger partial charge on any atom is 0.272 e. The zero-order chi connectivity index (χ0) is 14.0. The molecule has 6 nitrogen and oxygen atoms in total. The number of aromatic nitrogens is 2. The van der Waals surface area contributed by atoms with Crippen LogP contribution in [0.3, 0.4) is 0 Å². The first-order chi connectivity index (χ1) is 9.01. The van der Waals surface area contributed by atoms with E-state index in [1.807, 2.05) is 6.92 Å². The smallest absolute Gasteiger partial charge is 0.272 e. The maximum absolute atomic E-state index is 12.1. The summed E-state index contributed by atoms with van der Waals surface area (Å²) in [6.07, 6.45) is 3.29. The molecule has 0 unspecified atom stereocenters. The highest BCUT2D eigenvalue weighted by atomic mass is 16.2. The summed E-state index contributed by atoms with van der Waals surface area (Å²) in [4.78, 5) is 23.4. The minimum atomic E-state index is -0.253. The van der Waals surface area contributed by atoms with Crippen molar-refractivity contribution in [2.75, 3.05) is 11.1 Å². The van der Waals surface area contributed by atoms with Gasteiger partial charge in [0.25, 0.3) is 5.91 Å². The monoisotopic (exact) mass is 260 g/mol. The van der Waals surface area contributed by atoms with Crippen LogP contribution in [0.25, 0.3) is 0 Å². The van der Waals surface area contributed by atoms with Gasteiger partial charge in [0, 0.05) is 32.1 Å². The fraction of sp³-hybridized carbons (Fsp3) is 0.231. The van der Waals surface area contributed by atoms with Crippen LogP contribution in [0.1, 0.15) is 17.4 Å². The van der Waals surface area contributed by atoms with Gasteiger partial charge in [0.05, 0.1) is 11.4 Å². The van der Waals surface area contributed by atoms with Crippen molar-refractivity contribution in [3.63, 3.8) is 0 Å². The minimum absolute atomic E-state index is 0.126. The first-order valence-electron chi connectivity index (χ1n) is 5.95. The van der Waals surface area contributed by atoms with E-state index in [-0.39, 0.29) is 11.5 Å². The van der Waals surface area contributed by atoms with Gasteiger partial charge in [0.2, 0.25) is 5.56 Å². The Hall–Kier alpha value is -2.50. The maximum atomic E-state index is 12.1. The molecule has 0 aliphatic carbocycles. The predicted molar refractivity (Wildman–Crippen MR) is 74.2 cm³/mol. The fourth-order valence-corrected chi connectivity index (χ4v) is 1.85. The molecule has 2 aromatic rings. The third-order valence-corrected chi connectivity index (χ3v) is 2.83. The largest absolute Gasteiger partial charge is 0.397 e. The highest BCUT2D eigenvalue weighted by Gasteiger charge is 2.12. The van der Waals surface area contributed by atoms with Gasteiger partial charge in [-0.2, -0.15) is 0 Å². The number of hydrogen-bond donors (Lipinski definition) is 2. The summed E-state index contributed by atoms with van der Waals surface area (Å²) in [5.74, 6) is -0.253. The topological polar surface area (TPSA) is 82.1 Å². The van der Waals surface area contributed by atoms with Crippen LogP contribution in [0.5, 0.6) is 0 Å². The molecule has 0 saturated carbocycles. The summed E-state index contributed by atoms with van der Waals surface area (Å²) in [6.45, 7) is 2.59. The zero-order valence-corrected chi connectivity index (χ0v) is 10.9. The van der Waals surface area contributed by atoms with Gasteiger partial charge in [0.1, 0.15) is 5.69 Å². The number of carbonyl (C=O) groups excluding carboxylic acids is 1. The first kappa shape index (κ1) is 12.9. The molecule has 0 aromatic carbocycles. The van der Waals surface area contributed by atoms with Gasteiger partial charge in [-0.3, -0.25) is 9.59 Å². The van der Waals surface area contributed by atoms with Crippen LogP contribution < -0.4 is 16.6 Å². The number of carbonyl (C=O) groups is 1. The minimum Gasteiger partial charge on any atom is -0.397 e. The normalized spacial score (nSPS) is 10.4. The van der Waals surface area contributed by atoms with E-state index >= 15 is 0 Å². The van der Waals surface area contributed by atoms with Crippen molar-refractivity contribution >= 4 is 17.3 Å². The number of hydrogen-bond acceptors (Lipinski definition) is 3. The van der Waals surface area contributed by atoms with E-state index in [0.29, 0.717) is 23.6 Å². The Morgan fingerprint density at radius 3 is 2.74 bits per heavy atom. The number of nitrogens with zero attached hydrogens (tertiary/aromatic N) is 2. The number of nitrogens with two attached hydrogens (primary N) is 1. The molecule has 0 fully saturated rings. The van der Waals surface area contributed by atoms with Crippen molar-refractivity contribution in [2.24, 2.45) is 7.05 Å². The van der Waals surface area contributed by atoms with E-state index in [0.717, 1.165) is 0 Å². The number of nitrogen functional groups attached to an aromatic ring is 1. The molecule has 6 heteroatoms.